The van der Waals surface area contributed by atoms with Crippen molar-refractivity contribution >= 4 is 47.2 Å². The average Bonchev–Trinajstić information content (AvgIpc) is 2.49. The van der Waals surface area contributed by atoms with Gasteiger partial charge >= 0.3 is 0 Å². The molecule has 0 aliphatic heterocycles. The van der Waals surface area contributed by atoms with Crippen LogP contribution in [0.2, 0.25) is 10.0 Å². The van der Waals surface area contributed by atoms with Crippen molar-refractivity contribution in [2.24, 2.45) is 0 Å². The zero-order chi connectivity index (χ0) is 14.7. The number of benzene rings is 2. The van der Waals surface area contributed by atoms with E-state index >= 15 is 0 Å². The summed E-state index contributed by atoms with van der Waals surface area (Å²) < 4.78 is 0. The van der Waals surface area contributed by atoms with Crippen LogP contribution in [0.25, 0.3) is 0 Å². The predicted octanol–water partition coefficient (Wildman–Crippen LogP) is 4.15. The van der Waals surface area contributed by atoms with Crippen LogP contribution in [-0.2, 0) is 0 Å². The molecule has 0 N–H and O–H groups in total. The highest BCUT2D eigenvalue weighted by atomic mass is 35.5. The molecule has 0 unspecified atom stereocenters. The fourth-order valence-corrected chi connectivity index (χ4v) is 4.91. The molecule has 0 aliphatic carbocycles. The zero-order valence-corrected chi connectivity index (χ0v) is 13.5. The summed E-state index contributed by atoms with van der Waals surface area (Å²) in [5, 5.41) is 3.80. The Hall–Kier alpha value is -1.40. The van der Waals surface area contributed by atoms with Crippen LogP contribution < -0.4 is 16.0 Å². The van der Waals surface area contributed by atoms with Crippen molar-refractivity contribution in [3.8, 4) is 0 Å². The molecular formula is C17H12Cl2NP. The van der Waals surface area contributed by atoms with E-state index in [-0.39, 0.29) is 0 Å². The van der Waals surface area contributed by atoms with Crippen LogP contribution in [-0.4, -0.2) is 4.98 Å². The van der Waals surface area contributed by atoms with E-state index in [0.29, 0.717) is 0 Å². The summed E-state index contributed by atoms with van der Waals surface area (Å²) >= 11 is 12.3. The summed E-state index contributed by atoms with van der Waals surface area (Å²) in [5.41, 5.74) is 1.04. The molecule has 21 heavy (non-hydrogen) atoms. The van der Waals surface area contributed by atoms with Gasteiger partial charge in [0.05, 0.1) is 5.44 Å². The number of hydrogen-bond acceptors (Lipinski definition) is 1. The van der Waals surface area contributed by atoms with E-state index in [0.717, 1.165) is 15.5 Å². The Morgan fingerprint density at radius 3 is 1.81 bits per heavy atom. The third kappa shape index (κ3) is 3.44. The summed E-state index contributed by atoms with van der Waals surface area (Å²) in [6, 6.07) is 21.9. The van der Waals surface area contributed by atoms with Crippen LogP contribution in [0.15, 0.2) is 72.9 Å². The number of pyridine rings is 1. The lowest BCUT2D eigenvalue weighted by atomic mass is 10.4. The smallest absolute Gasteiger partial charge is 0.0720 e. The van der Waals surface area contributed by atoms with E-state index in [1.165, 1.54) is 10.6 Å². The van der Waals surface area contributed by atoms with Crippen molar-refractivity contribution in [1.29, 1.82) is 0 Å². The van der Waals surface area contributed by atoms with Crippen LogP contribution >= 0.6 is 31.1 Å². The molecule has 0 bridgehead atoms. The standard InChI is InChI=1S/C17H12Cl2NP/c18-13-5-3-7-15(11-13)21(17-9-1-2-10-20-17)16-8-4-6-14(19)12-16/h1-12H. The zero-order valence-electron chi connectivity index (χ0n) is 11.1. The number of aromatic nitrogens is 1. The highest BCUT2D eigenvalue weighted by Crippen LogP contribution is 2.33. The lowest BCUT2D eigenvalue weighted by Crippen LogP contribution is -2.22. The van der Waals surface area contributed by atoms with Crippen LogP contribution in [0.4, 0.5) is 0 Å². The highest BCUT2D eigenvalue weighted by molar-refractivity contribution is 7.79. The number of halogens is 2. The molecule has 0 saturated heterocycles. The van der Waals surface area contributed by atoms with E-state index in [2.05, 4.69) is 17.1 Å². The van der Waals surface area contributed by atoms with Gasteiger partial charge in [-0.2, -0.15) is 0 Å². The number of nitrogens with zero attached hydrogens (tertiary/aromatic N) is 1. The Labute approximate surface area is 135 Å². The SMILES string of the molecule is Clc1cccc(P(c2cccc(Cl)c2)c2ccccn2)c1. The summed E-state index contributed by atoms with van der Waals surface area (Å²) in [4.78, 5) is 4.53. The summed E-state index contributed by atoms with van der Waals surface area (Å²) in [6.07, 6.45) is 1.82. The highest BCUT2D eigenvalue weighted by Gasteiger charge is 2.18. The van der Waals surface area contributed by atoms with Crippen molar-refractivity contribution < 1.29 is 0 Å². The first-order valence-corrected chi connectivity index (χ1v) is 8.56. The summed E-state index contributed by atoms with van der Waals surface area (Å²) in [5.74, 6) is 0. The van der Waals surface area contributed by atoms with Crippen LogP contribution in [0.3, 0.4) is 0 Å². The average molecular weight is 332 g/mol. The largest absolute Gasteiger partial charge is 0.256 e. The molecule has 0 aliphatic rings. The molecule has 1 heterocycles. The number of hydrogen-bond donors (Lipinski definition) is 0. The molecule has 0 fully saturated rings. The molecule has 0 saturated carbocycles. The van der Waals surface area contributed by atoms with Crippen molar-refractivity contribution in [2.75, 3.05) is 0 Å². The molecule has 4 heteroatoms. The second-order valence-electron chi connectivity index (χ2n) is 4.48. The molecule has 2 aromatic carbocycles. The van der Waals surface area contributed by atoms with Gasteiger partial charge in [-0.05, 0) is 47.0 Å². The van der Waals surface area contributed by atoms with Gasteiger partial charge < -0.3 is 0 Å². The van der Waals surface area contributed by atoms with Gasteiger partial charge in [0.1, 0.15) is 0 Å². The Bertz CT molecular complexity index is 701. The minimum absolute atomic E-state index is 0.734. The van der Waals surface area contributed by atoms with Gasteiger partial charge in [0, 0.05) is 24.2 Å². The lowest BCUT2D eigenvalue weighted by molar-refractivity contribution is 1.39. The van der Waals surface area contributed by atoms with E-state index in [4.69, 9.17) is 23.2 Å². The molecule has 3 rings (SSSR count). The molecule has 0 amide bonds. The summed E-state index contributed by atoms with van der Waals surface area (Å²) in [6.45, 7) is 0. The molecule has 1 aromatic heterocycles. The van der Waals surface area contributed by atoms with Gasteiger partial charge in [0.15, 0.2) is 0 Å². The maximum Gasteiger partial charge on any atom is 0.0720 e. The minimum atomic E-state index is -0.758. The van der Waals surface area contributed by atoms with Crippen LogP contribution in [0, 0.1) is 0 Å². The van der Waals surface area contributed by atoms with Crippen LogP contribution in [0.5, 0.6) is 0 Å². The maximum atomic E-state index is 6.16. The Morgan fingerprint density at radius 1 is 0.714 bits per heavy atom. The van der Waals surface area contributed by atoms with Gasteiger partial charge in [-0.3, -0.25) is 4.98 Å². The molecule has 3 aromatic rings. The monoisotopic (exact) mass is 331 g/mol. The van der Waals surface area contributed by atoms with Crippen molar-refractivity contribution in [3.05, 3.63) is 83.0 Å². The Balaban J connectivity index is 2.16. The predicted molar refractivity (Wildman–Crippen MR) is 93.0 cm³/mol. The molecule has 0 radical (unpaired) electrons. The molecule has 0 atom stereocenters. The van der Waals surface area contributed by atoms with Crippen LogP contribution in [0.1, 0.15) is 0 Å². The normalized spacial score (nSPS) is 10.8. The fourth-order valence-electron chi connectivity index (χ4n) is 2.13. The van der Waals surface area contributed by atoms with Gasteiger partial charge in [0.2, 0.25) is 0 Å². The van der Waals surface area contributed by atoms with Crippen molar-refractivity contribution in [3.63, 3.8) is 0 Å². The van der Waals surface area contributed by atoms with Crippen molar-refractivity contribution in [1.82, 2.24) is 4.98 Å². The molecule has 1 nitrogen and oxygen atoms in total. The van der Waals surface area contributed by atoms with E-state index in [1.807, 2.05) is 60.8 Å². The Kier molecular flexibility index (Phi) is 4.55. The van der Waals surface area contributed by atoms with E-state index in [9.17, 15) is 0 Å². The fraction of sp³-hybridized carbons (Fsp3) is 0. The molecule has 0 spiro atoms. The first kappa shape index (κ1) is 14.5. The number of rotatable bonds is 3. The van der Waals surface area contributed by atoms with Gasteiger partial charge in [-0.25, -0.2) is 0 Å². The Morgan fingerprint density at radius 2 is 1.33 bits per heavy atom. The molecule has 104 valence electrons. The maximum absolute atomic E-state index is 6.16. The van der Waals surface area contributed by atoms with Crippen molar-refractivity contribution in [2.45, 2.75) is 0 Å². The third-order valence-electron chi connectivity index (χ3n) is 3.01. The first-order valence-electron chi connectivity index (χ1n) is 6.46. The second kappa shape index (κ2) is 6.58. The quantitative estimate of drug-likeness (QED) is 0.657. The topological polar surface area (TPSA) is 12.9 Å². The van der Waals surface area contributed by atoms with E-state index in [1.54, 1.807) is 0 Å². The second-order valence-corrected chi connectivity index (χ2v) is 7.52. The third-order valence-corrected chi connectivity index (χ3v) is 5.79. The lowest BCUT2D eigenvalue weighted by Gasteiger charge is -2.18. The minimum Gasteiger partial charge on any atom is -0.256 e. The summed E-state index contributed by atoms with van der Waals surface area (Å²) in [7, 11) is -0.758. The van der Waals surface area contributed by atoms with Gasteiger partial charge in [0.25, 0.3) is 0 Å². The van der Waals surface area contributed by atoms with Gasteiger partial charge in [-0.15, -0.1) is 0 Å². The van der Waals surface area contributed by atoms with Gasteiger partial charge in [-0.1, -0.05) is 53.5 Å². The molecular weight excluding hydrogens is 320 g/mol. The van der Waals surface area contributed by atoms with E-state index < -0.39 is 7.92 Å². The first-order chi connectivity index (χ1) is 10.2.